The molecule has 0 aliphatic carbocycles. The van der Waals surface area contributed by atoms with Gasteiger partial charge in [-0.2, -0.15) is 0 Å². The number of anilines is 1. The van der Waals surface area contributed by atoms with Crippen LogP contribution < -0.4 is 10.2 Å². The number of piperidine rings is 2. The van der Waals surface area contributed by atoms with Gasteiger partial charge in [-0.3, -0.25) is 9.69 Å². The number of hydrogen-bond donors (Lipinski definition) is 1. The van der Waals surface area contributed by atoms with E-state index in [2.05, 4.69) is 22.1 Å². The van der Waals surface area contributed by atoms with Crippen LogP contribution in [-0.2, 0) is 6.54 Å². The third-order valence-corrected chi connectivity index (χ3v) is 7.16. The largest absolute Gasteiger partial charge is 0.347 e. The van der Waals surface area contributed by atoms with Crippen LogP contribution in [0, 0.1) is 17.6 Å². The maximum absolute atomic E-state index is 15.0. The molecule has 5 nitrogen and oxygen atoms in total. The normalized spacial score (nSPS) is 24.9. The predicted octanol–water partition coefficient (Wildman–Crippen LogP) is 4.00. The second-order valence-corrected chi connectivity index (χ2v) is 9.49. The van der Waals surface area contributed by atoms with Gasteiger partial charge >= 0.3 is 0 Å². The van der Waals surface area contributed by atoms with Gasteiger partial charge in [0.25, 0.3) is 5.91 Å². The summed E-state index contributed by atoms with van der Waals surface area (Å²) < 4.78 is 42.0. The second-order valence-electron chi connectivity index (χ2n) is 8.49. The van der Waals surface area contributed by atoms with Crippen LogP contribution >= 0.6 is 11.3 Å². The van der Waals surface area contributed by atoms with Gasteiger partial charge in [-0.1, -0.05) is 18.3 Å². The van der Waals surface area contributed by atoms with Crippen LogP contribution in [-0.4, -0.2) is 54.2 Å². The van der Waals surface area contributed by atoms with E-state index in [-0.39, 0.29) is 24.7 Å². The van der Waals surface area contributed by atoms with Crippen LogP contribution in [0.5, 0.6) is 0 Å². The molecule has 0 spiro atoms. The Morgan fingerprint density at radius 3 is 2.87 bits per heavy atom. The second kappa shape index (κ2) is 9.56. The quantitative estimate of drug-likeness (QED) is 0.745. The average molecular weight is 453 g/mol. The summed E-state index contributed by atoms with van der Waals surface area (Å²) in [5.74, 6) is -0.943. The fourth-order valence-electron chi connectivity index (χ4n) is 4.46. The number of aromatic nitrogens is 1. The third-order valence-electron chi connectivity index (χ3n) is 6.10. The van der Waals surface area contributed by atoms with Crippen molar-refractivity contribution in [2.75, 3.05) is 31.1 Å². The van der Waals surface area contributed by atoms with Gasteiger partial charge in [0.1, 0.15) is 22.7 Å². The lowest BCUT2D eigenvalue weighted by atomic mass is 9.94. The molecule has 0 bridgehead atoms. The van der Waals surface area contributed by atoms with Crippen LogP contribution in [0.25, 0.3) is 0 Å². The number of nitrogens with zero attached hydrogens (tertiary/aromatic N) is 3. The molecule has 3 atom stereocenters. The van der Waals surface area contributed by atoms with Gasteiger partial charge < -0.3 is 10.2 Å². The van der Waals surface area contributed by atoms with E-state index in [1.807, 2.05) is 4.90 Å². The molecule has 4 rings (SSSR count). The van der Waals surface area contributed by atoms with Crippen LogP contribution in [0.1, 0.15) is 41.4 Å². The number of carbonyl (C=O) groups is 1. The summed E-state index contributed by atoms with van der Waals surface area (Å²) in [4.78, 5) is 21.2. The van der Waals surface area contributed by atoms with Crippen molar-refractivity contribution in [3.8, 4) is 0 Å². The molecule has 0 saturated carbocycles. The van der Waals surface area contributed by atoms with E-state index in [9.17, 15) is 18.0 Å². The standard InChI is InChI=1S/C22H27F3N4OS/c1-14-3-2-7-28(12-14)19-6-8-29(13-18(19)25)22-27-11-20(31-22)21(30)26-10-15-9-16(23)4-5-17(15)24/h4-5,9,11,14,18-19H,2-3,6-8,10,12-13H2,1H3,(H,26,30)/t14-,18?,19?/m1/s1. The molecule has 1 aromatic carbocycles. The number of likely N-dealkylation sites (tertiary alicyclic amines) is 1. The van der Waals surface area contributed by atoms with Gasteiger partial charge in [0.05, 0.1) is 12.7 Å². The molecule has 2 aliphatic rings. The van der Waals surface area contributed by atoms with E-state index in [1.165, 1.54) is 24.0 Å². The first-order valence-corrected chi connectivity index (χ1v) is 11.5. The summed E-state index contributed by atoms with van der Waals surface area (Å²) in [6.45, 7) is 4.97. The average Bonchev–Trinajstić information content (AvgIpc) is 3.24. The van der Waals surface area contributed by atoms with Gasteiger partial charge in [0, 0.05) is 31.2 Å². The molecular weight excluding hydrogens is 425 g/mol. The zero-order valence-corrected chi connectivity index (χ0v) is 18.3. The molecule has 0 radical (unpaired) electrons. The minimum Gasteiger partial charge on any atom is -0.347 e. The number of amides is 1. The minimum atomic E-state index is -0.962. The number of halogens is 3. The number of rotatable bonds is 5. The van der Waals surface area contributed by atoms with E-state index < -0.39 is 23.7 Å². The molecule has 2 fully saturated rings. The molecule has 3 heterocycles. The Bertz CT molecular complexity index is 924. The van der Waals surface area contributed by atoms with Crippen LogP contribution in [0.15, 0.2) is 24.4 Å². The maximum atomic E-state index is 15.0. The highest BCUT2D eigenvalue weighted by Gasteiger charge is 2.35. The van der Waals surface area contributed by atoms with Crippen LogP contribution in [0.4, 0.5) is 18.3 Å². The van der Waals surface area contributed by atoms with Crippen molar-refractivity contribution in [1.29, 1.82) is 0 Å². The van der Waals surface area contributed by atoms with Crippen molar-refractivity contribution in [3.63, 3.8) is 0 Å². The van der Waals surface area contributed by atoms with Crippen molar-refractivity contribution < 1.29 is 18.0 Å². The lowest BCUT2D eigenvalue weighted by Crippen LogP contribution is -2.54. The number of benzene rings is 1. The monoisotopic (exact) mass is 452 g/mol. The highest BCUT2D eigenvalue weighted by atomic mass is 32.1. The number of thiazole rings is 1. The third kappa shape index (κ3) is 5.20. The topological polar surface area (TPSA) is 48.5 Å². The summed E-state index contributed by atoms with van der Waals surface area (Å²) in [5, 5.41) is 3.19. The number of alkyl halides is 1. The predicted molar refractivity (Wildman–Crippen MR) is 115 cm³/mol. The van der Waals surface area contributed by atoms with Gasteiger partial charge in [-0.15, -0.1) is 0 Å². The Kier molecular flexibility index (Phi) is 6.81. The molecule has 168 valence electrons. The summed E-state index contributed by atoms with van der Waals surface area (Å²) in [7, 11) is 0. The molecular formula is C22H27F3N4OS. The summed E-state index contributed by atoms with van der Waals surface area (Å²) >= 11 is 1.18. The molecule has 1 aromatic heterocycles. The first-order valence-electron chi connectivity index (χ1n) is 10.7. The van der Waals surface area contributed by atoms with Crippen molar-refractivity contribution >= 4 is 22.4 Å². The van der Waals surface area contributed by atoms with E-state index in [4.69, 9.17) is 0 Å². The number of hydrogen-bond acceptors (Lipinski definition) is 5. The minimum absolute atomic E-state index is 0.0529. The first kappa shape index (κ1) is 22.1. The van der Waals surface area contributed by atoms with E-state index >= 15 is 0 Å². The highest BCUT2D eigenvalue weighted by molar-refractivity contribution is 7.17. The van der Waals surface area contributed by atoms with Crippen LogP contribution in [0.3, 0.4) is 0 Å². The maximum Gasteiger partial charge on any atom is 0.263 e. The zero-order chi connectivity index (χ0) is 22.0. The van der Waals surface area contributed by atoms with E-state index in [1.54, 1.807) is 0 Å². The zero-order valence-electron chi connectivity index (χ0n) is 17.5. The number of nitrogens with one attached hydrogen (secondary N) is 1. The molecule has 2 saturated heterocycles. The smallest absolute Gasteiger partial charge is 0.263 e. The van der Waals surface area contributed by atoms with Gasteiger partial charge in [0.2, 0.25) is 0 Å². The van der Waals surface area contributed by atoms with Crippen LogP contribution in [0.2, 0.25) is 0 Å². The fraction of sp³-hybridized carbons (Fsp3) is 0.545. The molecule has 2 unspecified atom stereocenters. The van der Waals surface area contributed by atoms with Crippen molar-refractivity contribution in [1.82, 2.24) is 15.2 Å². The Labute approximate surface area is 184 Å². The SMILES string of the molecule is C[C@@H]1CCCN(C2CCN(c3ncc(C(=O)NCc4cc(F)ccc4F)s3)CC2F)C1. The molecule has 31 heavy (non-hydrogen) atoms. The number of carbonyl (C=O) groups excluding carboxylic acids is 1. The summed E-state index contributed by atoms with van der Waals surface area (Å²) in [5.41, 5.74) is 0.0764. The van der Waals surface area contributed by atoms with E-state index in [0.717, 1.165) is 44.1 Å². The Morgan fingerprint density at radius 2 is 2.10 bits per heavy atom. The molecule has 2 aliphatic heterocycles. The fourth-order valence-corrected chi connectivity index (χ4v) is 5.33. The van der Waals surface area contributed by atoms with Crippen molar-refractivity contribution in [2.24, 2.45) is 5.92 Å². The van der Waals surface area contributed by atoms with Crippen molar-refractivity contribution in [2.45, 2.75) is 44.9 Å². The Balaban J connectivity index is 1.33. The van der Waals surface area contributed by atoms with E-state index in [0.29, 0.717) is 22.5 Å². The molecule has 9 heteroatoms. The van der Waals surface area contributed by atoms with Gasteiger partial charge in [-0.05, 0) is 49.9 Å². The summed E-state index contributed by atoms with van der Waals surface area (Å²) in [6.07, 6.45) is 3.55. The Hall–Kier alpha value is -2.13. The van der Waals surface area contributed by atoms with Crippen molar-refractivity contribution in [3.05, 3.63) is 46.5 Å². The lowest BCUT2D eigenvalue weighted by Gasteiger charge is -2.43. The first-order chi connectivity index (χ1) is 14.9. The molecule has 1 N–H and O–H groups in total. The summed E-state index contributed by atoms with van der Waals surface area (Å²) in [6, 6.07) is 3.07. The van der Waals surface area contributed by atoms with Gasteiger partial charge in [-0.25, -0.2) is 18.2 Å². The Morgan fingerprint density at radius 1 is 1.26 bits per heavy atom. The molecule has 2 aromatic rings. The van der Waals surface area contributed by atoms with Gasteiger partial charge in [0.15, 0.2) is 5.13 Å². The lowest BCUT2D eigenvalue weighted by molar-refractivity contribution is 0.0596. The molecule has 1 amide bonds. The highest BCUT2D eigenvalue weighted by Crippen LogP contribution is 2.30.